The molecule has 0 bridgehead atoms. The van der Waals surface area contributed by atoms with Gasteiger partial charge in [-0.3, -0.25) is 0 Å². The van der Waals surface area contributed by atoms with Crippen LogP contribution in [0, 0.1) is 6.92 Å². The van der Waals surface area contributed by atoms with Gasteiger partial charge in [-0.2, -0.15) is 0 Å². The summed E-state index contributed by atoms with van der Waals surface area (Å²) in [4.78, 5) is 4.32. The van der Waals surface area contributed by atoms with E-state index >= 15 is 0 Å². The van der Waals surface area contributed by atoms with Crippen LogP contribution in [0.3, 0.4) is 0 Å². The van der Waals surface area contributed by atoms with Gasteiger partial charge < -0.3 is 9.67 Å². The van der Waals surface area contributed by atoms with Crippen LogP contribution >= 0.6 is 11.8 Å². The molecule has 2 heterocycles. The highest BCUT2D eigenvalue weighted by Crippen LogP contribution is 2.33. The summed E-state index contributed by atoms with van der Waals surface area (Å²) in [5.41, 5.74) is 5.53. The summed E-state index contributed by atoms with van der Waals surface area (Å²) in [6, 6.07) is 12.6. The summed E-state index contributed by atoms with van der Waals surface area (Å²) in [7, 11) is 0. The lowest BCUT2D eigenvalue weighted by Crippen LogP contribution is -2.21. The van der Waals surface area contributed by atoms with Crippen LogP contribution in [0.2, 0.25) is 0 Å². The second-order valence-electron chi connectivity index (χ2n) is 6.90. The fraction of sp³-hybridized carbons (Fsp3) is 0.381. The molecule has 0 saturated heterocycles. The van der Waals surface area contributed by atoms with E-state index in [9.17, 15) is 5.11 Å². The molecule has 1 N–H and O–H groups in total. The molecular formula is C21H24N2OS. The van der Waals surface area contributed by atoms with Crippen molar-refractivity contribution in [2.24, 2.45) is 0 Å². The number of aryl methyl sites for hydroxylation is 2. The van der Waals surface area contributed by atoms with E-state index in [1.54, 1.807) is 18.0 Å². The Bertz CT molecular complexity index is 872. The second kappa shape index (κ2) is 7.22. The maximum atomic E-state index is 10.6. The first kappa shape index (κ1) is 16.7. The van der Waals surface area contributed by atoms with E-state index in [-0.39, 0.29) is 6.10 Å². The first-order valence-electron chi connectivity index (χ1n) is 9.05. The van der Waals surface area contributed by atoms with Crippen molar-refractivity contribution >= 4 is 22.7 Å². The molecule has 1 atom stereocenters. The molecule has 1 aliphatic carbocycles. The van der Waals surface area contributed by atoms with Crippen molar-refractivity contribution < 1.29 is 5.11 Å². The Labute approximate surface area is 153 Å². The number of aromatic nitrogens is 2. The molecule has 1 aliphatic rings. The molecule has 130 valence electrons. The van der Waals surface area contributed by atoms with Crippen molar-refractivity contribution in [3.8, 4) is 0 Å². The monoisotopic (exact) mass is 352 g/mol. The predicted molar refractivity (Wildman–Crippen MR) is 104 cm³/mol. The third kappa shape index (κ3) is 3.46. The molecule has 1 unspecified atom stereocenters. The van der Waals surface area contributed by atoms with Gasteiger partial charge in [0.15, 0.2) is 0 Å². The largest absolute Gasteiger partial charge is 0.390 e. The van der Waals surface area contributed by atoms with Crippen LogP contribution < -0.4 is 0 Å². The number of hydrogen-bond acceptors (Lipinski definition) is 3. The Morgan fingerprint density at radius 1 is 1.20 bits per heavy atom. The van der Waals surface area contributed by atoms with Gasteiger partial charge in [-0.1, -0.05) is 17.7 Å². The van der Waals surface area contributed by atoms with Crippen LogP contribution in [0.1, 0.15) is 29.7 Å². The third-order valence-corrected chi connectivity index (χ3v) is 6.08. The summed E-state index contributed by atoms with van der Waals surface area (Å²) < 4.78 is 2.37. The summed E-state index contributed by atoms with van der Waals surface area (Å²) in [5, 5.41) is 13.0. The number of fused-ring (bicyclic) bond motifs is 3. The highest BCUT2D eigenvalue weighted by Gasteiger charge is 2.21. The molecular weight excluding hydrogens is 328 g/mol. The Morgan fingerprint density at radius 2 is 2.08 bits per heavy atom. The molecule has 3 aromatic rings. The quantitative estimate of drug-likeness (QED) is 0.693. The lowest BCUT2D eigenvalue weighted by atomic mass is 9.95. The first-order chi connectivity index (χ1) is 12.2. The van der Waals surface area contributed by atoms with E-state index in [0.29, 0.717) is 12.3 Å². The summed E-state index contributed by atoms with van der Waals surface area (Å²) in [5.74, 6) is 0.664. The minimum absolute atomic E-state index is 0.380. The van der Waals surface area contributed by atoms with Gasteiger partial charge in [0.25, 0.3) is 0 Å². The van der Waals surface area contributed by atoms with Crippen LogP contribution in [0.4, 0.5) is 0 Å². The maximum absolute atomic E-state index is 10.6. The standard InChI is InChI=1S/C21H24N2OS/c1-15-9-10-20-18(12-15)17-6-2-3-7-19(17)23(20)13-16(24)14-25-21-8-4-5-11-22-21/h4-5,8-12,16,24H,2-3,6-7,13-14H2,1H3. The SMILES string of the molecule is Cc1ccc2c(c1)c1c(n2CC(O)CSc2ccccn2)CCCC1. The van der Waals surface area contributed by atoms with E-state index in [0.717, 1.165) is 11.4 Å². The smallest absolute Gasteiger partial charge is 0.0960 e. The normalized spacial score (nSPS) is 15.3. The fourth-order valence-electron chi connectivity index (χ4n) is 3.84. The molecule has 0 fully saturated rings. The van der Waals surface area contributed by atoms with Gasteiger partial charge in [0.2, 0.25) is 0 Å². The highest BCUT2D eigenvalue weighted by atomic mass is 32.2. The van der Waals surface area contributed by atoms with Gasteiger partial charge >= 0.3 is 0 Å². The molecule has 25 heavy (non-hydrogen) atoms. The van der Waals surface area contributed by atoms with Crippen LogP contribution in [-0.4, -0.2) is 26.5 Å². The van der Waals surface area contributed by atoms with E-state index in [1.807, 2.05) is 18.2 Å². The number of benzene rings is 1. The number of aliphatic hydroxyl groups excluding tert-OH is 1. The van der Waals surface area contributed by atoms with Gasteiger partial charge in [-0.15, -0.1) is 11.8 Å². The van der Waals surface area contributed by atoms with E-state index < -0.39 is 0 Å². The summed E-state index contributed by atoms with van der Waals surface area (Å²) >= 11 is 1.62. The van der Waals surface area contributed by atoms with Crippen LogP contribution in [-0.2, 0) is 19.4 Å². The number of hydrogen-bond donors (Lipinski definition) is 1. The van der Waals surface area contributed by atoms with Gasteiger partial charge in [-0.25, -0.2) is 4.98 Å². The Balaban J connectivity index is 1.58. The van der Waals surface area contributed by atoms with Gasteiger partial charge in [0.05, 0.1) is 11.1 Å². The minimum atomic E-state index is -0.380. The molecule has 0 aliphatic heterocycles. The van der Waals surface area contributed by atoms with Gasteiger partial charge in [-0.05, 0) is 62.4 Å². The number of pyridine rings is 1. The lowest BCUT2D eigenvalue weighted by Gasteiger charge is -2.18. The van der Waals surface area contributed by atoms with Crippen molar-refractivity contribution in [2.75, 3.05) is 5.75 Å². The molecule has 3 nitrogen and oxygen atoms in total. The fourth-order valence-corrected chi connectivity index (χ4v) is 4.61. The van der Waals surface area contributed by atoms with Crippen LogP contribution in [0.15, 0.2) is 47.6 Å². The average molecular weight is 353 g/mol. The number of aliphatic hydroxyl groups is 1. The molecule has 2 aromatic heterocycles. The summed E-state index contributed by atoms with van der Waals surface area (Å²) in [6.45, 7) is 2.82. The minimum Gasteiger partial charge on any atom is -0.390 e. The molecule has 4 rings (SSSR count). The molecule has 4 heteroatoms. The lowest BCUT2D eigenvalue weighted by molar-refractivity contribution is 0.178. The molecule has 0 amide bonds. The maximum Gasteiger partial charge on any atom is 0.0960 e. The topological polar surface area (TPSA) is 38.0 Å². The van der Waals surface area contributed by atoms with E-state index in [2.05, 4.69) is 34.7 Å². The first-order valence-corrected chi connectivity index (χ1v) is 10.0. The highest BCUT2D eigenvalue weighted by molar-refractivity contribution is 7.99. The zero-order chi connectivity index (χ0) is 17.2. The van der Waals surface area contributed by atoms with Crippen molar-refractivity contribution in [1.82, 2.24) is 9.55 Å². The van der Waals surface area contributed by atoms with Crippen molar-refractivity contribution in [1.29, 1.82) is 0 Å². The molecule has 0 spiro atoms. The Morgan fingerprint density at radius 3 is 2.92 bits per heavy atom. The van der Waals surface area contributed by atoms with Crippen LogP contribution in [0.5, 0.6) is 0 Å². The number of thioether (sulfide) groups is 1. The van der Waals surface area contributed by atoms with E-state index in [4.69, 9.17) is 0 Å². The molecule has 0 saturated carbocycles. The molecule has 1 aromatic carbocycles. The van der Waals surface area contributed by atoms with Crippen molar-refractivity contribution in [2.45, 2.75) is 50.3 Å². The third-order valence-electron chi connectivity index (χ3n) is 4.99. The van der Waals surface area contributed by atoms with Crippen molar-refractivity contribution in [3.05, 3.63) is 59.4 Å². The zero-order valence-corrected chi connectivity index (χ0v) is 15.4. The van der Waals surface area contributed by atoms with Gasteiger partial charge in [0.1, 0.15) is 0 Å². The Hall–Kier alpha value is -1.78. The number of nitrogens with zero attached hydrogens (tertiary/aromatic N) is 2. The molecule has 0 radical (unpaired) electrons. The number of rotatable bonds is 5. The van der Waals surface area contributed by atoms with Crippen molar-refractivity contribution in [3.63, 3.8) is 0 Å². The average Bonchev–Trinajstić information content (AvgIpc) is 2.94. The predicted octanol–water partition coefficient (Wildman–Crippen LogP) is 4.38. The zero-order valence-electron chi connectivity index (χ0n) is 14.6. The van der Waals surface area contributed by atoms with Gasteiger partial charge in [0, 0.05) is 35.1 Å². The Kier molecular flexibility index (Phi) is 4.82. The summed E-state index contributed by atoms with van der Waals surface area (Å²) in [6.07, 6.45) is 6.24. The van der Waals surface area contributed by atoms with Crippen LogP contribution in [0.25, 0.3) is 10.9 Å². The van der Waals surface area contributed by atoms with E-state index in [1.165, 1.54) is 47.0 Å². The second-order valence-corrected chi connectivity index (χ2v) is 7.94.